The molecule has 1 aliphatic heterocycles. The van der Waals surface area contributed by atoms with Gasteiger partial charge in [-0.2, -0.15) is 0 Å². The van der Waals surface area contributed by atoms with Gasteiger partial charge >= 0.3 is 0 Å². The van der Waals surface area contributed by atoms with Crippen molar-refractivity contribution in [3.8, 4) is 0 Å². The zero-order valence-electron chi connectivity index (χ0n) is 13.2. The molecule has 2 fully saturated rings. The van der Waals surface area contributed by atoms with E-state index in [1.54, 1.807) is 0 Å². The highest BCUT2D eigenvalue weighted by Gasteiger charge is 2.27. The normalized spacial score (nSPS) is 24.3. The number of nitrogens with one attached hydrogen (secondary N) is 1. The fourth-order valence-corrected chi connectivity index (χ4v) is 3.81. The molecule has 0 bridgehead atoms. The maximum Gasteiger partial charge on any atom is 0.222 e. The second-order valence-corrected chi connectivity index (χ2v) is 6.70. The van der Waals surface area contributed by atoms with Crippen molar-refractivity contribution in [3.05, 3.63) is 18.0 Å². The molecule has 0 spiro atoms. The fraction of sp³-hybridized carbons (Fsp3) is 0.765. The first-order valence-electron chi connectivity index (χ1n) is 8.59. The molecule has 1 aliphatic carbocycles. The molecule has 1 aromatic rings. The number of nitrogens with zero attached hydrogens (tertiary/aromatic N) is 3. The molecule has 0 radical (unpaired) electrons. The standard InChI is InChI=1S/C17H28N4/c1-14-9-10-18-17(20-14)19-12-16-8-5-11-21(16)13-15-6-3-2-4-7-15/h9-10,15-16H,2-8,11-13H2,1H3,(H,18,19,20). The molecule has 4 heteroatoms. The van der Waals surface area contributed by atoms with E-state index in [-0.39, 0.29) is 0 Å². The first-order chi connectivity index (χ1) is 10.3. The Kier molecular flexibility index (Phi) is 5.07. The zero-order chi connectivity index (χ0) is 14.5. The number of likely N-dealkylation sites (tertiary alicyclic amines) is 1. The van der Waals surface area contributed by atoms with Crippen LogP contribution in [0.4, 0.5) is 5.95 Å². The summed E-state index contributed by atoms with van der Waals surface area (Å²) in [4.78, 5) is 11.4. The summed E-state index contributed by atoms with van der Waals surface area (Å²) in [5.41, 5.74) is 1.03. The van der Waals surface area contributed by atoms with E-state index >= 15 is 0 Å². The minimum Gasteiger partial charge on any atom is -0.353 e. The Morgan fingerprint density at radius 1 is 1.19 bits per heavy atom. The van der Waals surface area contributed by atoms with E-state index in [4.69, 9.17) is 0 Å². The fourth-order valence-electron chi connectivity index (χ4n) is 3.81. The number of rotatable bonds is 5. The Balaban J connectivity index is 1.49. The van der Waals surface area contributed by atoms with Gasteiger partial charge in [0, 0.05) is 31.0 Å². The van der Waals surface area contributed by atoms with Gasteiger partial charge < -0.3 is 5.32 Å². The number of anilines is 1. The molecular weight excluding hydrogens is 260 g/mol. The first kappa shape index (κ1) is 14.8. The van der Waals surface area contributed by atoms with Crippen LogP contribution in [-0.4, -0.2) is 40.5 Å². The molecule has 2 aliphatic rings. The lowest BCUT2D eigenvalue weighted by atomic mass is 9.89. The topological polar surface area (TPSA) is 41.1 Å². The van der Waals surface area contributed by atoms with Crippen LogP contribution in [0, 0.1) is 12.8 Å². The summed E-state index contributed by atoms with van der Waals surface area (Å²) in [6.45, 7) is 5.58. The van der Waals surface area contributed by atoms with E-state index < -0.39 is 0 Å². The van der Waals surface area contributed by atoms with Crippen LogP contribution in [0.1, 0.15) is 50.6 Å². The van der Waals surface area contributed by atoms with Crippen molar-refractivity contribution in [1.29, 1.82) is 0 Å². The molecule has 4 nitrogen and oxygen atoms in total. The van der Waals surface area contributed by atoms with Gasteiger partial charge in [0.25, 0.3) is 0 Å². The second kappa shape index (κ2) is 7.21. The summed E-state index contributed by atoms with van der Waals surface area (Å²) < 4.78 is 0. The van der Waals surface area contributed by atoms with Gasteiger partial charge in [0.1, 0.15) is 0 Å². The van der Waals surface area contributed by atoms with Crippen LogP contribution in [0.5, 0.6) is 0 Å². The first-order valence-corrected chi connectivity index (χ1v) is 8.59. The van der Waals surface area contributed by atoms with Gasteiger partial charge in [0.15, 0.2) is 0 Å². The number of aromatic nitrogens is 2. The van der Waals surface area contributed by atoms with Crippen molar-refractivity contribution in [2.75, 3.05) is 25.0 Å². The number of hydrogen-bond acceptors (Lipinski definition) is 4. The van der Waals surface area contributed by atoms with Crippen LogP contribution in [0.3, 0.4) is 0 Å². The van der Waals surface area contributed by atoms with Crippen LogP contribution in [0.15, 0.2) is 12.3 Å². The minimum atomic E-state index is 0.663. The van der Waals surface area contributed by atoms with E-state index in [0.717, 1.165) is 24.1 Å². The van der Waals surface area contributed by atoms with Crippen molar-refractivity contribution in [2.45, 2.75) is 57.9 Å². The van der Waals surface area contributed by atoms with Gasteiger partial charge in [-0.05, 0) is 51.1 Å². The Labute approximate surface area is 128 Å². The third-order valence-electron chi connectivity index (χ3n) is 5.01. The van der Waals surface area contributed by atoms with Crippen LogP contribution in [-0.2, 0) is 0 Å². The third-order valence-corrected chi connectivity index (χ3v) is 5.01. The smallest absolute Gasteiger partial charge is 0.222 e. The van der Waals surface area contributed by atoms with Crippen molar-refractivity contribution in [1.82, 2.24) is 14.9 Å². The van der Waals surface area contributed by atoms with E-state index in [1.165, 1.54) is 58.0 Å². The Morgan fingerprint density at radius 2 is 2.05 bits per heavy atom. The minimum absolute atomic E-state index is 0.663. The number of hydrogen-bond donors (Lipinski definition) is 1. The van der Waals surface area contributed by atoms with Crippen LogP contribution in [0.25, 0.3) is 0 Å². The summed E-state index contributed by atoms with van der Waals surface area (Å²) in [6.07, 6.45) is 11.7. The summed E-state index contributed by atoms with van der Waals surface area (Å²) in [7, 11) is 0. The number of aryl methyl sites for hydroxylation is 1. The molecule has 1 unspecified atom stereocenters. The maximum atomic E-state index is 4.43. The molecule has 1 N–H and O–H groups in total. The van der Waals surface area contributed by atoms with Crippen molar-refractivity contribution in [2.24, 2.45) is 5.92 Å². The van der Waals surface area contributed by atoms with Crippen LogP contribution in [0.2, 0.25) is 0 Å². The lowest BCUT2D eigenvalue weighted by molar-refractivity contribution is 0.192. The summed E-state index contributed by atoms with van der Waals surface area (Å²) >= 11 is 0. The molecule has 1 saturated carbocycles. The van der Waals surface area contributed by atoms with Gasteiger partial charge in [0.05, 0.1) is 0 Å². The highest BCUT2D eigenvalue weighted by Crippen LogP contribution is 2.27. The summed E-state index contributed by atoms with van der Waals surface area (Å²) in [5.74, 6) is 1.72. The van der Waals surface area contributed by atoms with Crippen LogP contribution >= 0.6 is 0 Å². The van der Waals surface area contributed by atoms with Crippen molar-refractivity contribution in [3.63, 3.8) is 0 Å². The van der Waals surface area contributed by atoms with Gasteiger partial charge in [0.2, 0.25) is 5.95 Å². The largest absolute Gasteiger partial charge is 0.353 e. The quantitative estimate of drug-likeness (QED) is 0.903. The van der Waals surface area contributed by atoms with E-state index in [9.17, 15) is 0 Å². The molecule has 1 saturated heterocycles. The Hall–Kier alpha value is -1.16. The zero-order valence-corrected chi connectivity index (χ0v) is 13.2. The van der Waals surface area contributed by atoms with E-state index in [1.807, 2.05) is 19.2 Å². The van der Waals surface area contributed by atoms with Gasteiger partial charge in [-0.25, -0.2) is 9.97 Å². The summed E-state index contributed by atoms with van der Waals surface area (Å²) in [5, 5.41) is 3.43. The highest BCUT2D eigenvalue weighted by molar-refractivity contribution is 5.25. The van der Waals surface area contributed by atoms with Crippen LogP contribution < -0.4 is 5.32 Å². The lowest BCUT2D eigenvalue weighted by Crippen LogP contribution is -2.38. The lowest BCUT2D eigenvalue weighted by Gasteiger charge is -2.31. The van der Waals surface area contributed by atoms with E-state index in [0.29, 0.717) is 6.04 Å². The monoisotopic (exact) mass is 288 g/mol. The predicted molar refractivity (Wildman–Crippen MR) is 86.4 cm³/mol. The van der Waals surface area contributed by atoms with Gasteiger partial charge in [-0.1, -0.05) is 19.3 Å². The molecule has 1 aromatic heterocycles. The predicted octanol–water partition coefficient (Wildman–Crippen LogP) is 3.24. The average Bonchev–Trinajstić information content (AvgIpc) is 2.93. The van der Waals surface area contributed by atoms with Crippen molar-refractivity contribution >= 4 is 5.95 Å². The molecule has 1 atom stereocenters. The van der Waals surface area contributed by atoms with Crippen molar-refractivity contribution < 1.29 is 0 Å². The summed E-state index contributed by atoms with van der Waals surface area (Å²) in [6, 6.07) is 2.60. The van der Waals surface area contributed by atoms with E-state index in [2.05, 4.69) is 20.2 Å². The Morgan fingerprint density at radius 3 is 2.86 bits per heavy atom. The molecule has 116 valence electrons. The highest BCUT2D eigenvalue weighted by atomic mass is 15.2. The maximum absolute atomic E-state index is 4.43. The van der Waals surface area contributed by atoms with Gasteiger partial charge in [-0.3, -0.25) is 4.90 Å². The third kappa shape index (κ3) is 4.16. The molecule has 2 heterocycles. The molecule has 0 amide bonds. The second-order valence-electron chi connectivity index (χ2n) is 6.70. The molecule has 0 aromatic carbocycles. The SMILES string of the molecule is Cc1ccnc(NCC2CCCN2CC2CCCCC2)n1. The molecule has 3 rings (SSSR count). The average molecular weight is 288 g/mol. The molecule has 21 heavy (non-hydrogen) atoms. The Bertz CT molecular complexity index is 442. The van der Waals surface area contributed by atoms with Gasteiger partial charge in [-0.15, -0.1) is 0 Å². The molecular formula is C17H28N4.